The molecule has 1 N–H and O–H groups in total. The average Bonchev–Trinajstić information content (AvgIpc) is 2.53. The van der Waals surface area contributed by atoms with Crippen molar-refractivity contribution in [2.24, 2.45) is 4.99 Å². The fourth-order valence-corrected chi connectivity index (χ4v) is 2.29. The third-order valence-corrected chi connectivity index (χ3v) is 3.38. The Morgan fingerprint density at radius 3 is 2.62 bits per heavy atom. The van der Waals surface area contributed by atoms with Crippen LogP contribution in [0.5, 0.6) is 11.5 Å². The largest absolute Gasteiger partial charge is 0.486 e. The summed E-state index contributed by atoms with van der Waals surface area (Å²) in [5.41, 5.74) is 0.961. The molecule has 1 aliphatic rings. The van der Waals surface area contributed by atoms with Gasteiger partial charge in [0.2, 0.25) is 0 Å². The number of ether oxygens (including phenoxy) is 2. The quantitative estimate of drug-likeness (QED) is 0.658. The Bertz CT molecular complexity index is 576. The Morgan fingerprint density at radius 2 is 1.96 bits per heavy atom. The molecule has 134 valence electrons. The molecule has 0 unspecified atom stereocenters. The maximum atomic E-state index is 12.3. The first-order valence-electron chi connectivity index (χ1n) is 7.84. The van der Waals surface area contributed by atoms with Crippen LogP contribution in [0.2, 0.25) is 0 Å². The lowest BCUT2D eigenvalue weighted by molar-refractivity contribution is -0.132. The second-order valence-electron chi connectivity index (χ2n) is 5.43. The van der Waals surface area contributed by atoms with E-state index in [4.69, 9.17) is 9.47 Å². The number of halogens is 3. The van der Waals surface area contributed by atoms with E-state index in [1.54, 1.807) is 11.9 Å². The first-order chi connectivity index (χ1) is 11.4. The van der Waals surface area contributed by atoms with Gasteiger partial charge >= 0.3 is 6.18 Å². The van der Waals surface area contributed by atoms with Crippen molar-refractivity contribution < 1.29 is 22.6 Å². The molecule has 0 bridgehead atoms. The molecular weight excluding hydrogens is 323 g/mol. The van der Waals surface area contributed by atoms with Gasteiger partial charge < -0.3 is 19.7 Å². The number of nitrogens with one attached hydrogen (secondary N) is 1. The first kappa shape index (κ1) is 18.2. The fourth-order valence-electron chi connectivity index (χ4n) is 2.29. The molecule has 0 fully saturated rings. The van der Waals surface area contributed by atoms with Crippen LogP contribution < -0.4 is 14.8 Å². The van der Waals surface area contributed by atoms with Crippen LogP contribution in [0.3, 0.4) is 0 Å². The minimum Gasteiger partial charge on any atom is -0.486 e. The van der Waals surface area contributed by atoms with Gasteiger partial charge in [-0.25, -0.2) is 0 Å². The first-order valence-corrected chi connectivity index (χ1v) is 7.84. The minimum absolute atomic E-state index is 0.294. The molecule has 0 aromatic heterocycles. The third-order valence-electron chi connectivity index (χ3n) is 3.38. The highest BCUT2D eigenvalue weighted by Crippen LogP contribution is 2.31. The van der Waals surface area contributed by atoms with Crippen molar-refractivity contribution in [3.05, 3.63) is 23.8 Å². The van der Waals surface area contributed by atoms with Crippen LogP contribution in [0.15, 0.2) is 23.2 Å². The molecule has 1 heterocycles. The van der Waals surface area contributed by atoms with Gasteiger partial charge in [0.1, 0.15) is 13.2 Å². The lowest BCUT2D eigenvalue weighted by Crippen LogP contribution is -2.38. The summed E-state index contributed by atoms with van der Waals surface area (Å²) in [5, 5.41) is 3.00. The van der Waals surface area contributed by atoms with E-state index >= 15 is 0 Å². The predicted octanol–water partition coefficient (Wildman–Crippen LogP) is 2.81. The summed E-state index contributed by atoms with van der Waals surface area (Å²) in [7, 11) is 1.78. The highest BCUT2D eigenvalue weighted by molar-refractivity contribution is 5.79. The maximum Gasteiger partial charge on any atom is 0.390 e. The summed E-state index contributed by atoms with van der Waals surface area (Å²) in [4.78, 5) is 5.82. The maximum absolute atomic E-state index is 12.3. The fraction of sp³-hybridized carbons (Fsp3) is 0.562. The van der Waals surface area contributed by atoms with E-state index in [-0.39, 0.29) is 6.54 Å². The molecule has 0 spiro atoms. The topological polar surface area (TPSA) is 46.1 Å². The highest BCUT2D eigenvalue weighted by Gasteiger charge is 2.26. The normalized spacial score (nSPS) is 14.5. The average molecular weight is 345 g/mol. The minimum atomic E-state index is -4.20. The Morgan fingerprint density at radius 1 is 1.25 bits per heavy atom. The lowest BCUT2D eigenvalue weighted by Gasteiger charge is -2.24. The second-order valence-corrected chi connectivity index (χ2v) is 5.43. The molecule has 1 aliphatic heterocycles. The van der Waals surface area contributed by atoms with Crippen LogP contribution in [-0.4, -0.2) is 50.4 Å². The third kappa shape index (κ3) is 5.50. The van der Waals surface area contributed by atoms with Crippen LogP contribution in [0.4, 0.5) is 13.2 Å². The summed E-state index contributed by atoms with van der Waals surface area (Å²) < 4.78 is 47.8. The van der Waals surface area contributed by atoms with Gasteiger partial charge in [0.15, 0.2) is 17.5 Å². The summed E-state index contributed by atoms with van der Waals surface area (Å²) >= 11 is 0. The molecule has 1 aromatic rings. The van der Waals surface area contributed by atoms with Gasteiger partial charge in [0.05, 0.1) is 13.0 Å². The van der Waals surface area contributed by atoms with Crippen molar-refractivity contribution in [2.45, 2.75) is 26.1 Å². The van der Waals surface area contributed by atoms with Gasteiger partial charge in [-0.2, -0.15) is 13.2 Å². The molecule has 0 saturated heterocycles. The van der Waals surface area contributed by atoms with Gasteiger partial charge in [0.25, 0.3) is 0 Å². The molecule has 8 heteroatoms. The second kappa shape index (κ2) is 8.12. The predicted molar refractivity (Wildman–Crippen MR) is 85.5 cm³/mol. The van der Waals surface area contributed by atoms with Crippen molar-refractivity contribution >= 4 is 5.96 Å². The smallest absolute Gasteiger partial charge is 0.390 e. The van der Waals surface area contributed by atoms with Gasteiger partial charge in [-0.15, -0.1) is 0 Å². The van der Waals surface area contributed by atoms with E-state index in [0.717, 1.165) is 5.56 Å². The Kier molecular flexibility index (Phi) is 6.16. The van der Waals surface area contributed by atoms with Crippen molar-refractivity contribution in [1.82, 2.24) is 10.2 Å². The zero-order valence-electron chi connectivity index (χ0n) is 13.8. The van der Waals surface area contributed by atoms with Crippen LogP contribution >= 0.6 is 0 Å². The molecule has 0 atom stereocenters. The number of hydrogen-bond acceptors (Lipinski definition) is 3. The number of rotatable bonds is 5. The van der Waals surface area contributed by atoms with Gasteiger partial charge in [0, 0.05) is 20.1 Å². The standard InChI is InChI=1S/C16H22F3N3O2/c1-3-20-15(21-7-6-16(17,18)19)22(2)11-12-4-5-13-14(10-12)24-9-8-23-13/h4-5,10H,3,6-9,11H2,1-2H3,(H,20,21). The zero-order valence-corrected chi connectivity index (χ0v) is 13.8. The molecule has 24 heavy (non-hydrogen) atoms. The van der Waals surface area contributed by atoms with Gasteiger partial charge in [-0.05, 0) is 24.6 Å². The molecular formula is C16H22F3N3O2. The van der Waals surface area contributed by atoms with Crippen molar-refractivity contribution in [3.8, 4) is 11.5 Å². The van der Waals surface area contributed by atoms with E-state index < -0.39 is 12.6 Å². The van der Waals surface area contributed by atoms with E-state index in [1.807, 2.05) is 25.1 Å². The molecule has 0 aliphatic carbocycles. The van der Waals surface area contributed by atoms with Gasteiger partial charge in [-0.1, -0.05) is 6.07 Å². The number of alkyl halides is 3. The number of benzene rings is 1. The molecule has 0 saturated carbocycles. The van der Waals surface area contributed by atoms with E-state index in [0.29, 0.717) is 43.8 Å². The molecule has 5 nitrogen and oxygen atoms in total. The number of guanidine groups is 1. The molecule has 0 radical (unpaired) electrons. The summed E-state index contributed by atoms with van der Waals surface area (Å²) in [6.07, 6.45) is -5.13. The van der Waals surface area contributed by atoms with Crippen molar-refractivity contribution in [2.75, 3.05) is 33.4 Å². The number of nitrogens with zero attached hydrogens (tertiary/aromatic N) is 2. The lowest BCUT2D eigenvalue weighted by atomic mass is 10.2. The summed E-state index contributed by atoms with van der Waals surface area (Å²) in [6.45, 7) is 3.69. The Labute approximate surface area is 139 Å². The van der Waals surface area contributed by atoms with E-state index in [1.165, 1.54) is 0 Å². The van der Waals surface area contributed by atoms with E-state index in [2.05, 4.69) is 10.3 Å². The zero-order chi connectivity index (χ0) is 17.6. The Balaban J connectivity index is 2.01. The van der Waals surface area contributed by atoms with Crippen LogP contribution in [-0.2, 0) is 6.54 Å². The van der Waals surface area contributed by atoms with E-state index in [9.17, 15) is 13.2 Å². The number of aliphatic imine (C=N–C) groups is 1. The van der Waals surface area contributed by atoms with Crippen molar-refractivity contribution in [3.63, 3.8) is 0 Å². The monoisotopic (exact) mass is 345 g/mol. The summed E-state index contributed by atoms with van der Waals surface area (Å²) in [6, 6.07) is 5.62. The van der Waals surface area contributed by atoms with Crippen LogP contribution in [0, 0.1) is 0 Å². The Hall–Kier alpha value is -2.12. The molecule has 2 rings (SSSR count). The molecule has 1 aromatic carbocycles. The highest BCUT2D eigenvalue weighted by atomic mass is 19.4. The summed E-state index contributed by atoms with van der Waals surface area (Å²) in [5.74, 6) is 1.83. The van der Waals surface area contributed by atoms with Crippen LogP contribution in [0.25, 0.3) is 0 Å². The molecule has 0 amide bonds. The number of fused-ring (bicyclic) bond motifs is 1. The SMILES string of the molecule is CCNC(=NCCC(F)(F)F)N(C)Cc1ccc2c(c1)OCCO2. The van der Waals surface area contributed by atoms with Crippen LogP contribution in [0.1, 0.15) is 18.9 Å². The number of hydrogen-bond donors (Lipinski definition) is 1. The van der Waals surface area contributed by atoms with Gasteiger partial charge in [-0.3, -0.25) is 4.99 Å². The van der Waals surface area contributed by atoms with Crippen molar-refractivity contribution in [1.29, 1.82) is 0 Å².